The van der Waals surface area contributed by atoms with Gasteiger partial charge in [0.1, 0.15) is 5.82 Å². The first-order valence-corrected chi connectivity index (χ1v) is 11.0. The Kier molecular flexibility index (Phi) is 6.56. The van der Waals surface area contributed by atoms with Gasteiger partial charge in [0.2, 0.25) is 0 Å². The number of benzene rings is 1. The number of nitrogens with zero attached hydrogens (tertiary/aromatic N) is 2. The lowest BCUT2D eigenvalue weighted by molar-refractivity contribution is 0.0917. The number of ether oxygens (including phenoxy) is 1. The lowest BCUT2D eigenvalue weighted by atomic mass is 9.68. The highest BCUT2D eigenvalue weighted by atomic mass is 35.5. The van der Waals surface area contributed by atoms with Crippen molar-refractivity contribution >= 4 is 23.3 Å². The maximum atomic E-state index is 12.7. The molecule has 1 amide bonds. The second-order valence-corrected chi connectivity index (χ2v) is 8.68. The van der Waals surface area contributed by atoms with Crippen molar-refractivity contribution in [2.45, 2.75) is 37.1 Å². The minimum absolute atomic E-state index is 0.0620. The number of hydrogen-bond acceptors (Lipinski definition) is 5. The summed E-state index contributed by atoms with van der Waals surface area (Å²) in [5.74, 6) is 0.825. The van der Waals surface area contributed by atoms with Crippen molar-refractivity contribution in [3.8, 4) is 0 Å². The molecule has 2 aromatic rings. The highest BCUT2D eigenvalue weighted by Crippen LogP contribution is 2.39. The quantitative estimate of drug-likeness (QED) is 0.764. The summed E-state index contributed by atoms with van der Waals surface area (Å²) in [6.45, 7) is 3.67. The SMILES string of the molecule is NCC1(c2cccc(Cl)c2)CCC(NC(=O)c2ccc(N3CCOCC3)nc2)CC1. The molecule has 4 rings (SSSR count). The fraction of sp³-hybridized carbons (Fsp3) is 0.478. The molecule has 1 aromatic heterocycles. The van der Waals surface area contributed by atoms with E-state index in [1.807, 2.05) is 30.3 Å². The molecule has 1 aromatic carbocycles. The molecule has 2 aliphatic rings. The first kappa shape index (κ1) is 21.1. The van der Waals surface area contributed by atoms with Gasteiger partial charge in [0.05, 0.1) is 18.8 Å². The maximum Gasteiger partial charge on any atom is 0.253 e. The van der Waals surface area contributed by atoms with Crippen molar-refractivity contribution < 1.29 is 9.53 Å². The summed E-state index contributed by atoms with van der Waals surface area (Å²) in [4.78, 5) is 19.4. The van der Waals surface area contributed by atoms with Crippen LogP contribution in [0.5, 0.6) is 0 Å². The van der Waals surface area contributed by atoms with Crippen LogP contribution in [0.3, 0.4) is 0 Å². The summed E-state index contributed by atoms with van der Waals surface area (Å²) in [7, 11) is 0. The molecule has 6 nitrogen and oxygen atoms in total. The number of pyridine rings is 1. The van der Waals surface area contributed by atoms with Crippen molar-refractivity contribution in [1.29, 1.82) is 0 Å². The van der Waals surface area contributed by atoms with Crippen LogP contribution in [0.4, 0.5) is 5.82 Å². The molecule has 0 radical (unpaired) electrons. The second kappa shape index (κ2) is 9.33. The van der Waals surface area contributed by atoms with Gasteiger partial charge in [-0.05, 0) is 55.5 Å². The van der Waals surface area contributed by atoms with Crippen LogP contribution in [0.25, 0.3) is 0 Å². The number of nitrogens with two attached hydrogens (primary N) is 1. The molecule has 0 spiro atoms. The molecule has 1 aliphatic heterocycles. The molecule has 0 unspecified atom stereocenters. The van der Waals surface area contributed by atoms with E-state index in [9.17, 15) is 4.79 Å². The van der Waals surface area contributed by atoms with Gasteiger partial charge in [0, 0.05) is 42.3 Å². The zero-order valence-electron chi connectivity index (χ0n) is 17.1. The van der Waals surface area contributed by atoms with Gasteiger partial charge in [-0.25, -0.2) is 4.98 Å². The third kappa shape index (κ3) is 4.61. The number of rotatable bonds is 5. The van der Waals surface area contributed by atoms with Crippen molar-refractivity contribution in [2.75, 3.05) is 37.7 Å². The van der Waals surface area contributed by atoms with Gasteiger partial charge in [-0.2, -0.15) is 0 Å². The van der Waals surface area contributed by atoms with E-state index >= 15 is 0 Å². The van der Waals surface area contributed by atoms with E-state index in [-0.39, 0.29) is 17.4 Å². The number of morpholine rings is 1. The third-order valence-electron chi connectivity index (χ3n) is 6.45. The normalized spacial score (nSPS) is 24.5. The number of amides is 1. The Morgan fingerprint density at radius 1 is 1.23 bits per heavy atom. The summed E-state index contributed by atoms with van der Waals surface area (Å²) >= 11 is 6.20. The van der Waals surface area contributed by atoms with Crippen molar-refractivity contribution in [3.63, 3.8) is 0 Å². The highest BCUT2D eigenvalue weighted by Gasteiger charge is 2.36. The maximum absolute atomic E-state index is 12.7. The Hall–Kier alpha value is -2.15. The molecule has 0 atom stereocenters. The standard InChI is InChI=1S/C23H29ClN4O2/c24-19-3-1-2-18(14-19)23(16-25)8-6-20(7-9-23)27-22(29)17-4-5-21(26-15-17)28-10-12-30-13-11-28/h1-5,14-15,20H,6-13,16,25H2,(H,27,29). The Balaban J connectivity index is 1.35. The van der Waals surface area contributed by atoms with Gasteiger partial charge in [0.15, 0.2) is 0 Å². The van der Waals surface area contributed by atoms with E-state index < -0.39 is 0 Å². The predicted octanol–water partition coefficient (Wildman–Crippen LogP) is 3.14. The van der Waals surface area contributed by atoms with Crippen LogP contribution in [0.2, 0.25) is 5.02 Å². The molecule has 2 heterocycles. The monoisotopic (exact) mass is 428 g/mol. The average molecular weight is 429 g/mol. The van der Waals surface area contributed by atoms with Crippen molar-refractivity contribution in [2.24, 2.45) is 5.73 Å². The van der Waals surface area contributed by atoms with Gasteiger partial charge < -0.3 is 20.7 Å². The van der Waals surface area contributed by atoms with Crippen LogP contribution in [0, 0.1) is 0 Å². The molecule has 2 fully saturated rings. The molecule has 160 valence electrons. The van der Waals surface area contributed by atoms with Gasteiger partial charge in [-0.15, -0.1) is 0 Å². The molecule has 1 aliphatic carbocycles. The molecule has 0 bridgehead atoms. The first-order valence-electron chi connectivity index (χ1n) is 10.7. The van der Waals surface area contributed by atoms with Crippen LogP contribution < -0.4 is 16.0 Å². The number of anilines is 1. The fourth-order valence-electron chi connectivity index (χ4n) is 4.51. The fourth-order valence-corrected chi connectivity index (χ4v) is 4.70. The lowest BCUT2D eigenvalue weighted by Gasteiger charge is -2.40. The minimum Gasteiger partial charge on any atom is -0.378 e. The zero-order chi connectivity index (χ0) is 21.0. The van der Waals surface area contributed by atoms with Gasteiger partial charge in [-0.1, -0.05) is 23.7 Å². The number of carbonyl (C=O) groups excluding carboxylic acids is 1. The second-order valence-electron chi connectivity index (χ2n) is 8.25. The van der Waals surface area contributed by atoms with E-state index in [1.165, 1.54) is 5.56 Å². The van der Waals surface area contributed by atoms with Gasteiger partial charge in [-0.3, -0.25) is 4.79 Å². The van der Waals surface area contributed by atoms with E-state index in [4.69, 9.17) is 22.1 Å². The van der Waals surface area contributed by atoms with Crippen LogP contribution in [-0.4, -0.2) is 49.8 Å². The minimum atomic E-state index is -0.0657. The number of halogens is 1. The summed E-state index contributed by atoms with van der Waals surface area (Å²) in [5, 5.41) is 3.92. The van der Waals surface area contributed by atoms with E-state index in [1.54, 1.807) is 6.20 Å². The number of aromatic nitrogens is 1. The Morgan fingerprint density at radius 3 is 2.63 bits per heavy atom. The van der Waals surface area contributed by atoms with Crippen molar-refractivity contribution in [3.05, 3.63) is 58.7 Å². The predicted molar refractivity (Wildman–Crippen MR) is 119 cm³/mol. The summed E-state index contributed by atoms with van der Waals surface area (Å²) < 4.78 is 5.38. The summed E-state index contributed by atoms with van der Waals surface area (Å²) in [6.07, 6.45) is 5.33. The number of carbonyl (C=O) groups is 1. The lowest BCUT2D eigenvalue weighted by Crippen LogP contribution is -2.45. The van der Waals surface area contributed by atoms with Crippen LogP contribution >= 0.6 is 11.6 Å². The molecular formula is C23H29ClN4O2. The molecular weight excluding hydrogens is 400 g/mol. The smallest absolute Gasteiger partial charge is 0.253 e. The largest absolute Gasteiger partial charge is 0.378 e. The van der Waals surface area contributed by atoms with Crippen LogP contribution in [-0.2, 0) is 10.2 Å². The van der Waals surface area contributed by atoms with Crippen LogP contribution in [0.1, 0.15) is 41.6 Å². The third-order valence-corrected chi connectivity index (χ3v) is 6.69. The average Bonchev–Trinajstić information content (AvgIpc) is 2.80. The topological polar surface area (TPSA) is 80.5 Å². The van der Waals surface area contributed by atoms with E-state index in [0.717, 1.165) is 49.6 Å². The number of hydrogen-bond donors (Lipinski definition) is 2. The summed E-state index contributed by atoms with van der Waals surface area (Å²) in [5.41, 5.74) is 7.92. The van der Waals surface area contributed by atoms with Crippen LogP contribution in [0.15, 0.2) is 42.6 Å². The molecule has 1 saturated carbocycles. The summed E-state index contributed by atoms with van der Waals surface area (Å²) in [6, 6.07) is 11.9. The van der Waals surface area contributed by atoms with E-state index in [2.05, 4.69) is 21.3 Å². The van der Waals surface area contributed by atoms with Crippen molar-refractivity contribution in [1.82, 2.24) is 10.3 Å². The zero-order valence-corrected chi connectivity index (χ0v) is 17.9. The molecule has 30 heavy (non-hydrogen) atoms. The Bertz CT molecular complexity index is 860. The van der Waals surface area contributed by atoms with Gasteiger partial charge >= 0.3 is 0 Å². The Labute approximate surface area is 182 Å². The first-order chi connectivity index (χ1) is 14.6. The molecule has 3 N–H and O–H groups in total. The molecule has 1 saturated heterocycles. The molecule has 7 heteroatoms. The van der Waals surface area contributed by atoms with Gasteiger partial charge in [0.25, 0.3) is 5.91 Å². The Morgan fingerprint density at radius 2 is 2.00 bits per heavy atom. The van der Waals surface area contributed by atoms with E-state index in [0.29, 0.717) is 25.3 Å². The number of nitrogens with one attached hydrogen (secondary N) is 1. The highest BCUT2D eigenvalue weighted by molar-refractivity contribution is 6.30.